The van der Waals surface area contributed by atoms with E-state index in [0.29, 0.717) is 23.7 Å². The first-order chi connectivity index (χ1) is 8.69. The minimum Gasteiger partial charge on any atom is -0.480 e. The Kier molecular flexibility index (Phi) is 2.95. The van der Waals surface area contributed by atoms with Gasteiger partial charge in [-0.15, -0.1) is 10.2 Å². The number of aliphatic hydroxyl groups is 1. The molecule has 2 bridgehead atoms. The van der Waals surface area contributed by atoms with Crippen LogP contribution in [0.4, 0.5) is 0 Å². The van der Waals surface area contributed by atoms with E-state index < -0.39 is 5.60 Å². The highest BCUT2D eigenvalue weighted by Gasteiger charge is 2.42. The van der Waals surface area contributed by atoms with E-state index >= 15 is 0 Å². The third-order valence-electron chi connectivity index (χ3n) is 4.07. The predicted octanol–water partition coefficient (Wildman–Crippen LogP) is 0.977. The second-order valence-corrected chi connectivity index (χ2v) is 5.39. The molecule has 0 amide bonds. The van der Waals surface area contributed by atoms with Crippen molar-refractivity contribution in [3.05, 3.63) is 17.8 Å². The highest BCUT2D eigenvalue weighted by molar-refractivity contribution is 5.19. The van der Waals surface area contributed by atoms with E-state index in [1.807, 2.05) is 6.07 Å². The fourth-order valence-electron chi connectivity index (χ4n) is 3.22. The zero-order valence-corrected chi connectivity index (χ0v) is 10.6. The van der Waals surface area contributed by atoms with Gasteiger partial charge in [0.05, 0.1) is 12.8 Å². The quantitative estimate of drug-likeness (QED) is 0.817. The highest BCUT2D eigenvalue weighted by Crippen LogP contribution is 2.38. The van der Waals surface area contributed by atoms with Crippen molar-refractivity contribution in [1.82, 2.24) is 15.5 Å². The topological polar surface area (TPSA) is 67.3 Å². The Balaban J connectivity index is 1.84. The summed E-state index contributed by atoms with van der Waals surface area (Å²) in [6.45, 7) is 0. The average molecular weight is 249 g/mol. The monoisotopic (exact) mass is 249 g/mol. The number of rotatable bonds is 2. The summed E-state index contributed by atoms with van der Waals surface area (Å²) in [5.41, 5.74) is -0.165. The number of aromatic nitrogens is 2. The van der Waals surface area contributed by atoms with Crippen molar-refractivity contribution in [3.63, 3.8) is 0 Å². The number of nitrogens with one attached hydrogen (secondary N) is 1. The van der Waals surface area contributed by atoms with Crippen molar-refractivity contribution in [3.8, 4) is 5.88 Å². The smallest absolute Gasteiger partial charge is 0.233 e. The number of nitrogens with zero attached hydrogens (tertiary/aromatic N) is 2. The summed E-state index contributed by atoms with van der Waals surface area (Å²) in [6, 6.07) is 4.41. The lowest BCUT2D eigenvalue weighted by molar-refractivity contribution is -0.0399. The molecule has 2 N–H and O–H groups in total. The van der Waals surface area contributed by atoms with Crippen LogP contribution in [0.2, 0.25) is 0 Å². The Labute approximate surface area is 107 Å². The summed E-state index contributed by atoms with van der Waals surface area (Å²) >= 11 is 0. The average Bonchev–Trinajstić information content (AvgIpc) is 2.38. The molecule has 2 unspecified atom stereocenters. The van der Waals surface area contributed by atoms with Gasteiger partial charge in [0.2, 0.25) is 5.88 Å². The minimum absolute atomic E-state index is 0.409. The molecular weight excluding hydrogens is 230 g/mol. The van der Waals surface area contributed by atoms with Gasteiger partial charge in [-0.25, -0.2) is 0 Å². The van der Waals surface area contributed by atoms with Gasteiger partial charge in [0, 0.05) is 18.2 Å². The lowest BCUT2D eigenvalue weighted by Crippen LogP contribution is -2.54. The fourth-order valence-corrected chi connectivity index (χ4v) is 3.22. The van der Waals surface area contributed by atoms with Gasteiger partial charge >= 0.3 is 0 Å². The van der Waals surface area contributed by atoms with Crippen molar-refractivity contribution in [2.75, 3.05) is 7.11 Å². The van der Waals surface area contributed by atoms with E-state index in [-0.39, 0.29) is 0 Å². The van der Waals surface area contributed by atoms with Crippen molar-refractivity contribution in [1.29, 1.82) is 0 Å². The van der Waals surface area contributed by atoms with Gasteiger partial charge in [-0.3, -0.25) is 0 Å². The Morgan fingerprint density at radius 2 is 2.00 bits per heavy atom. The van der Waals surface area contributed by atoms with Gasteiger partial charge in [-0.2, -0.15) is 0 Å². The molecule has 2 aliphatic rings. The molecular formula is C13H19N3O2. The summed E-state index contributed by atoms with van der Waals surface area (Å²) in [4.78, 5) is 0. The van der Waals surface area contributed by atoms with Gasteiger partial charge in [0.25, 0.3) is 0 Å². The molecule has 3 heterocycles. The summed E-state index contributed by atoms with van der Waals surface area (Å²) in [6.07, 6.45) is 4.99. The number of hydrogen-bond acceptors (Lipinski definition) is 5. The molecule has 18 heavy (non-hydrogen) atoms. The van der Waals surface area contributed by atoms with Gasteiger partial charge in [0.1, 0.15) is 5.60 Å². The zero-order valence-electron chi connectivity index (χ0n) is 10.6. The Morgan fingerprint density at radius 1 is 1.28 bits per heavy atom. The summed E-state index contributed by atoms with van der Waals surface area (Å²) in [5, 5.41) is 22.5. The fraction of sp³-hybridized carbons (Fsp3) is 0.692. The second-order valence-electron chi connectivity index (χ2n) is 5.39. The lowest BCUT2D eigenvalue weighted by Gasteiger charge is -2.44. The number of methoxy groups -OCH3 is 1. The predicted molar refractivity (Wildman–Crippen MR) is 66.3 cm³/mol. The van der Waals surface area contributed by atoms with Crippen LogP contribution in [0.25, 0.3) is 0 Å². The molecule has 5 nitrogen and oxygen atoms in total. The van der Waals surface area contributed by atoms with Crippen LogP contribution in [0, 0.1) is 0 Å². The molecule has 3 rings (SSSR count). The third-order valence-corrected chi connectivity index (χ3v) is 4.07. The van der Waals surface area contributed by atoms with Crippen LogP contribution < -0.4 is 10.1 Å². The van der Waals surface area contributed by atoms with Crippen molar-refractivity contribution < 1.29 is 9.84 Å². The van der Waals surface area contributed by atoms with Gasteiger partial charge in [-0.1, -0.05) is 6.42 Å². The van der Waals surface area contributed by atoms with Crippen molar-refractivity contribution in [2.45, 2.75) is 49.8 Å². The third kappa shape index (κ3) is 2.08. The Bertz CT molecular complexity index is 409. The van der Waals surface area contributed by atoms with E-state index in [4.69, 9.17) is 4.74 Å². The molecule has 2 aliphatic heterocycles. The molecule has 2 saturated heterocycles. The molecule has 2 fully saturated rings. The first kappa shape index (κ1) is 11.9. The molecule has 0 saturated carbocycles. The molecule has 0 aliphatic carbocycles. The van der Waals surface area contributed by atoms with Crippen LogP contribution in [0.5, 0.6) is 5.88 Å². The van der Waals surface area contributed by atoms with Crippen molar-refractivity contribution in [2.24, 2.45) is 0 Å². The zero-order chi connectivity index (χ0) is 12.6. The Morgan fingerprint density at radius 3 is 2.56 bits per heavy atom. The molecule has 0 radical (unpaired) electrons. The van der Waals surface area contributed by atoms with E-state index in [1.54, 1.807) is 13.2 Å². The van der Waals surface area contributed by atoms with Crippen LogP contribution in [-0.2, 0) is 5.60 Å². The maximum absolute atomic E-state index is 10.8. The molecule has 2 atom stereocenters. The van der Waals surface area contributed by atoms with Crippen LogP contribution in [0.15, 0.2) is 12.1 Å². The molecule has 5 heteroatoms. The first-order valence-electron chi connectivity index (χ1n) is 6.56. The van der Waals surface area contributed by atoms with Crippen LogP contribution in [0.1, 0.15) is 37.8 Å². The van der Waals surface area contributed by atoms with E-state index in [2.05, 4.69) is 15.5 Å². The summed E-state index contributed by atoms with van der Waals surface area (Å²) in [7, 11) is 1.56. The normalized spacial score (nSPS) is 35.2. The SMILES string of the molecule is COc1ccc(C2(O)CC3CCCC(C2)N3)nn1. The van der Waals surface area contributed by atoms with Crippen LogP contribution in [-0.4, -0.2) is 34.5 Å². The number of hydrogen-bond donors (Lipinski definition) is 2. The highest BCUT2D eigenvalue weighted by atomic mass is 16.5. The number of ether oxygens (including phenoxy) is 1. The molecule has 1 aromatic heterocycles. The standard InChI is InChI=1S/C13H19N3O2/c1-18-12-6-5-11(15-16-12)13(17)7-9-3-2-4-10(8-13)14-9/h5-6,9-10,14,17H,2-4,7-8H2,1H3. The molecule has 0 aromatic carbocycles. The van der Waals surface area contributed by atoms with Crippen molar-refractivity contribution >= 4 is 0 Å². The molecule has 1 aromatic rings. The number of piperidine rings is 2. The van der Waals surface area contributed by atoms with Gasteiger partial charge in [0.15, 0.2) is 0 Å². The first-order valence-corrected chi connectivity index (χ1v) is 6.56. The maximum atomic E-state index is 10.8. The minimum atomic E-state index is -0.833. The Hall–Kier alpha value is -1.20. The number of fused-ring (bicyclic) bond motifs is 2. The largest absolute Gasteiger partial charge is 0.480 e. The van der Waals surface area contributed by atoms with Crippen LogP contribution >= 0.6 is 0 Å². The molecule has 0 spiro atoms. The van der Waals surface area contributed by atoms with Gasteiger partial charge < -0.3 is 15.2 Å². The van der Waals surface area contributed by atoms with Gasteiger partial charge in [-0.05, 0) is 31.7 Å². The maximum Gasteiger partial charge on any atom is 0.233 e. The van der Waals surface area contributed by atoms with E-state index in [9.17, 15) is 5.11 Å². The summed E-state index contributed by atoms with van der Waals surface area (Å²) < 4.78 is 5.00. The summed E-state index contributed by atoms with van der Waals surface area (Å²) in [5.74, 6) is 0.483. The van der Waals surface area contributed by atoms with Crippen LogP contribution in [0.3, 0.4) is 0 Å². The molecule has 98 valence electrons. The second kappa shape index (κ2) is 4.48. The van der Waals surface area contributed by atoms with E-state index in [1.165, 1.54) is 6.42 Å². The van der Waals surface area contributed by atoms with E-state index in [0.717, 1.165) is 25.7 Å². The lowest BCUT2D eigenvalue weighted by atomic mass is 9.75.